The first kappa shape index (κ1) is 18.2. The highest BCUT2D eigenvalue weighted by molar-refractivity contribution is 5.74. The largest absolute Gasteiger partial charge is 0.497 e. The van der Waals surface area contributed by atoms with Gasteiger partial charge in [0, 0.05) is 31.1 Å². The molecule has 0 atom stereocenters. The lowest BCUT2D eigenvalue weighted by atomic mass is 9.97. The van der Waals surface area contributed by atoms with E-state index < -0.39 is 0 Å². The van der Waals surface area contributed by atoms with Gasteiger partial charge in [-0.05, 0) is 43.5 Å². The number of rotatable bonds is 6. The summed E-state index contributed by atoms with van der Waals surface area (Å²) in [4.78, 5) is 18.5. The van der Waals surface area contributed by atoms with Crippen LogP contribution in [0, 0.1) is 0 Å². The molecule has 0 unspecified atom stereocenters. The van der Waals surface area contributed by atoms with Crippen LogP contribution in [0.3, 0.4) is 0 Å². The van der Waals surface area contributed by atoms with Gasteiger partial charge in [0.05, 0.1) is 7.11 Å². The Morgan fingerprint density at radius 1 is 1.31 bits per heavy atom. The molecule has 1 aromatic heterocycles. The third-order valence-electron chi connectivity index (χ3n) is 4.73. The molecule has 1 aliphatic rings. The number of likely N-dealkylation sites (tertiary alicyclic amines) is 1. The summed E-state index contributed by atoms with van der Waals surface area (Å²) >= 11 is 0. The summed E-state index contributed by atoms with van der Waals surface area (Å²) in [5, 5.41) is 7.07. The second-order valence-corrected chi connectivity index (χ2v) is 6.53. The van der Waals surface area contributed by atoms with E-state index in [1.807, 2.05) is 29.2 Å². The molecule has 1 aliphatic heterocycles. The molecule has 140 valence electrons. The average Bonchev–Trinajstić information content (AvgIpc) is 3.18. The molecule has 1 N–H and O–H groups in total. The quantitative estimate of drug-likeness (QED) is 0.800. The van der Waals surface area contributed by atoms with Crippen LogP contribution in [0.1, 0.15) is 44.4 Å². The summed E-state index contributed by atoms with van der Waals surface area (Å²) in [6.07, 6.45) is 3.77. The van der Waals surface area contributed by atoms with Crippen molar-refractivity contribution in [3.8, 4) is 17.1 Å². The molecule has 0 radical (unpaired) electrons. The van der Waals surface area contributed by atoms with E-state index in [9.17, 15) is 4.79 Å². The van der Waals surface area contributed by atoms with Crippen LogP contribution < -0.4 is 10.1 Å². The van der Waals surface area contributed by atoms with Crippen LogP contribution in [0.5, 0.6) is 5.75 Å². The van der Waals surface area contributed by atoms with E-state index >= 15 is 0 Å². The number of carbonyl (C=O) groups excluding carboxylic acids is 1. The lowest BCUT2D eigenvalue weighted by molar-refractivity contribution is 0.175. The van der Waals surface area contributed by atoms with E-state index in [4.69, 9.17) is 9.26 Å². The zero-order chi connectivity index (χ0) is 18.4. The third kappa shape index (κ3) is 4.33. The molecule has 0 spiro atoms. The highest BCUT2D eigenvalue weighted by atomic mass is 16.5. The van der Waals surface area contributed by atoms with E-state index in [0.717, 1.165) is 43.5 Å². The molecule has 0 bridgehead atoms. The van der Waals surface area contributed by atoms with Crippen molar-refractivity contribution in [3.63, 3.8) is 0 Å². The number of amides is 2. The van der Waals surface area contributed by atoms with Crippen LogP contribution in [-0.2, 0) is 0 Å². The number of urea groups is 1. The molecule has 2 heterocycles. The molecule has 26 heavy (non-hydrogen) atoms. The Bertz CT molecular complexity index is 706. The minimum Gasteiger partial charge on any atom is -0.497 e. The first-order chi connectivity index (χ1) is 12.7. The summed E-state index contributed by atoms with van der Waals surface area (Å²) < 4.78 is 10.6. The maximum atomic E-state index is 12.1. The molecular formula is C19H26N4O3. The topological polar surface area (TPSA) is 80.5 Å². The summed E-state index contributed by atoms with van der Waals surface area (Å²) in [5.74, 6) is 2.24. The fraction of sp³-hybridized carbons (Fsp3) is 0.526. The minimum absolute atomic E-state index is 0.0290. The van der Waals surface area contributed by atoms with E-state index in [-0.39, 0.29) is 11.9 Å². The van der Waals surface area contributed by atoms with Crippen LogP contribution in [0.25, 0.3) is 11.4 Å². The van der Waals surface area contributed by atoms with Crippen LogP contribution in [0.4, 0.5) is 4.79 Å². The zero-order valence-electron chi connectivity index (χ0n) is 15.4. The highest BCUT2D eigenvalue weighted by Gasteiger charge is 2.27. The Labute approximate surface area is 153 Å². The Balaban J connectivity index is 1.55. The number of hydrogen-bond acceptors (Lipinski definition) is 5. The number of piperidine rings is 1. The van der Waals surface area contributed by atoms with Gasteiger partial charge in [-0.1, -0.05) is 18.5 Å². The molecule has 3 rings (SSSR count). The normalized spacial score (nSPS) is 15.1. The maximum Gasteiger partial charge on any atom is 0.317 e. The van der Waals surface area contributed by atoms with Gasteiger partial charge in [-0.2, -0.15) is 4.98 Å². The second kappa shape index (κ2) is 8.69. The molecular weight excluding hydrogens is 332 g/mol. The Morgan fingerprint density at radius 3 is 2.69 bits per heavy atom. The van der Waals surface area contributed by atoms with Gasteiger partial charge < -0.3 is 19.5 Å². The minimum atomic E-state index is 0.0290. The van der Waals surface area contributed by atoms with Crippen molar-refractivity contribution in [2.24, 2.45) is 0 Å². The van der Waals surface area contributed by atoms with Gasteiger partial charge >= 0.3 is 6.03 Å². The number of methoxy groups -OCH3 is 1. The molecule has 7 nitrogen and oxygen atoms in total. The van der Waals surface area contributed by atoms with Gasteiger partial charge in [0.25, 0.3) is 0 Å². The third-order valence-corrected chi connectivity index (χ3v) is 4.73. The standard InChI is InChI=1S/C19H26N4O3/c1-3-4-11-20-19(24)23-12-9-15(10-13-23)18-21-17(22-26-18)14-5-7-16(25-2)8-6-14/h5-8,15H,3-4,9-13H2,1-2H3,(H,20,24). The molecule has 2 aromatic rings. The number of aromatic nitrogens is 2. The lowest BCUT2D eigenvalue weighted by Gasteiger charge is -2.30. The number of nitrogens with one attached hydrogen (secondary N) is 1. The fourth-order valence-electron chi connectivity index (χ4n) is 3.07. The van der Waals surface area contributed by atoms with E-state index in [0.29, 0.717) is 24.8 Å². The van der Waals surface area contributed by atoms with Crippen molar-refractivity contribution in [1.29, 1.82) is 0 Å². The zero-order valence-corrected chi connectivity index (χ0v) is 15.4. The van der Waals surface area contributed by atoms with Crippen LogP contribution >= 0.6 is 0 Å². The molecule has 2 amide bonds. The van der Waals surface area contributed by atoms with Gasteiger partial charge in [-0.15, -0.1) is 0 Å². The molecule has 0 aliphatic carbocycles. The van der Waals surface area contributed by atoms with Gasteiger partial charge in [-0.3, -0.25) is 0 Å². The number of hydrogen-bond donors (Lipinski definition) is 1. The maximum absolute atomic E-state index is 12.1. The SMILES string of the molecule is CCCCNC(=O)N1CCC(c2nc(-c3ccc(OC)cc3)no2)CC1. The van der Waals surface area contributed by atoms with Gasteiger partial charge in [0.1, 0.15) is 5.75 Å². The van der Waals surface area contributed by atoms with Crippen molar-refractivity contribution >= 4 is 6.03 Å². The van der Waals surface area contributed by atoms with Gasteiger partial charge in [0.15, 0.2) is 0 Å². The molecule has 1 saturated heterocycles. The predicted molar refractivity (Wildman–Crippen MR) is 98.1 cm³/mol. The van der Waals surface area contributed by atoms with Crippen molar-refractivity contribution in [2.45, 2.75) is 38.5 Å². The summed E-state index contributed by atoms with van der Waals surface area (Å²) in [6.45, 7) is 4.28. The van der Waals surface area contributed by atoms with E-state index in [2.05, 4.69) is 22.4 Å². The first-order valence-electron chi connectivity index (χ1n) is 9.22. The number of ether oxygens (including phenoxy) is 1. The second-order valence-electron chi connectivity index (χ2n) is 6.53. The van der Waals surface area contributed by atoms with Crippen molar-refractivity contribution in [3.05, 3.63) is 30.2 Å². The number of carbonyl (C=O) groups is 1. The molecule has 1 fully saturated rings. The van der Waals surface area contributed by atoms with Gasteiger partial charge in [-0.25, -0.2) is 4.79 Å². The van der Waals surface area contributed by atoms with Crippen molar-refractivity contribution < 1.29 is 14.1 Å². The molecule has 1 aromatic carbocycles. The Hall–Kier alpha value is -2.57. The average molecular weight is 358 g/mol. The van der Waals surface area contributed by atoms with Crippen molar-refractivity contribution in [1.82, 2.24) is 20.4 Å². The Morgan fingerprint density at radius 2 is 2.04 bits per heavy atom. The monoisotopic (exact) mass is 358 g/mol. The lowest BCUT2D eigenvalue weighted by Crippen LogP contribution is -2.44. The molecule has 0 saturated carbocycles. The predicted octanol–water partition coefficient (Wildman–Crippen LogP) is 3.43. The first-order valence-corrected chi connectivity index (χ1v) is 9.22. The summed E-state index contributed by atoms with van der Waals surface area (Å²) in [7, 11) is 1.64. The van der Waals surface area contributed by atoms with E-state index in [1.54, 1.807) is 7.11 Å². The Kier molecular flexibility index (Phi) is 6.09. The summed E-state index contributed by atoms with van der Waals surface area (Å²) in [5.41, 5.74) is 0.897. The van der Waals surface area contributed by atoms with E-state index in [1.165, 1.54) is 0 Å². The number of benzene rings is 1. The van der Waals surface area contributed by atoms with Crippen LogP contribution in [0.15, 0.2) is 28.8 Å². The number of nitrogens with zero attached hydrogens (tertiary/aromatic N) is 3. The van der Waals surface area contributed by atoms with Crippen LogP contribution in [-0.4, -0.2) is 47.8 Å². The highest BCUT2D eigenvalue weighted by Crippen LogP contribution is 2.29. The smallest absolute Gasteiger partial charge is 0.317 e. The number of unbranched alkanes of at least 4 members (excludes halogenated alkanes) is 1. The van der Waals surface area contributed by atoms with Gasteiger partial charge in [0.2, 0.25) is 11.7 Å². The summed E-state index contributed by atoms with van der Waals surface area (Å²) in [6, 6.07) is 7.61. The van der Waals surface area contributed by atoms with Crippen molar-refractivity contribution in [2.75, 3.05) is 26.7 Å². The van der Waals surface area contributed by atoms with Crippen LogP contribution in [0.2, 0.25) is 0 Å². The molecule has 7 heteroatoms. The fourth-order valence-corrected chi connectivity index (χ4v) is 3.07.